The third-order valence-corrected chi connectivity index (χ3v) is 4.21. The Morgan fingerprint density at radius 2 is 2.13 bits per heavy atom. The number of halogens is 2. The number of carbonyl (C=O) groups excluding carboxylic acids is 2. The molecule has 1 N–H and O–H groups in total. The zero-order chi connectivity index (χ0) is 17.2. The number of urea groups is 1. The lowest BCUT2D eigenvalue weighted by atomic mass is 10.2. The Labute approximate surface area is 139 Å². The summed E-state index contributed by atoms with van der Waals surface area (Å²) < 4.78 is 29.1. The molecule has 6 nitrogen and oxygen atoms in total. The standard InChI is InChI=1S/C14H17ClFN3O3S/c1-23(2,22)18-13(20)11-7-4-8-19(11)14(21)17-10-6-3-5-9(15)12(10)16/h3,5-6,11H,4,7-8H2,1-2H3,(H,17,21)/t11-/m0/s1. The van der Waals surface area contributed by atoms with Crippen LogP contribution in [0, 0.1) is 5.82 Å². The summed E-state index contributed by atoms with van der Waals surface area (Å²) in [4.78, 5) is 25.7. The van der Waals surface area contributed by atoms with E-state index >= 15 is 0 Å². The lowest BCUT2D eigenvalue weighted by Gasteiger charge is -2.22. The van der Waals surface area contributed by atoms with Crippen molar-refractivity contribution in [3.05, 3.63) is 29.0 Å². The second-order valence-electron chi connectivity index (χ2n) is 5.49. The number of rotatable bonds is 2. The van der Waals surface area contributed by atoms with Crippen molar-refractivity contribution < 1.29 is 18.2 Å². The van der Waals surface area contributed by atoms with Crippen LogP contribution >= 0.6 is 11.6 Å². The van der Waals surface area contributed by atoms with E-state index in [0.717, 1.165) is 0 Å². The molecule has 0 spiro atoms. The molecule has 1 fully saturated rings. The second kappa shape index (κ2) is 6.84. The summed E-state index contributed by atoms with van der Waals surface area (Å²) in [5.74, 6) is -1.33. The summed E-state index contributed by atoms with van der Waals surface area (Å²) in [5, 5.41) is 2.30. The Morgan fingerprint density at radius 1 is 1.43 bits per heavy atom. The molecule has 1 heterocycles. The largest absolute Gasteiger partial charge is 0.322 e. The fourth-order valence-electron chi connectivity index (χ4n) is 2.33. The smallest absolute Gasteiger partial charge is 0.312 e. The van der Waals surface area contributed by atoms with Gasteiger partial charge in [0.15, 0.2) is 5.82 Å². The lowest BCUT2D eigenvalue weighted by Crippen LogP contribution is -2.42. The minimum Gasteiger partial charge on any atom is -0.312 e. The van der Waals surface area contributed by atoms with Gasteiger partial charge in [-0.05, 0) is 25.0 Å². The van der Waals surface area contributed by atoms with Gasteiger partial charge in [-0.2, -0.15) is 4.36 Å². The van der Waals surface area contributed by atoms with Crippen molar-refractivity contribution in [3.8, 4) is 0 Å². The predicted octanol–water partition coefficient (Wildman–Crippen LogP) is 2.73. The first-order valence-corrected chi connectivity index (χ1v) is 9.62. The van der Waals surface area contributed by atoms with E-state index in [4.69, 9.17) is 11.6 Å². The molecule has 23 heavy (non-hydrogen) atoms. The predicted molar refractivity (Wildman–Crippen MR) is 87.6 cm³/mol. The first kappa shape index (κ1) is 17.7. The summed E-state index contributed by atoms with van der Waals surface area (Å²) in [5.41, 5.74) is -0.0627. The second-order valence-corrected chi connectivity index (χ2v) is 8.45. The van der Waals surface area contributed by atoms with Crippen LogP contribution in [0.2, 0.25) is 5.02 Å². The molecule has 0 aliphatic carbocycles. The summed E-state index contributed by atoms with van der Waals surface area (Å²) in [6, 6.07) is 2.86. The van der Waals surface area contributed by atoms with Crippen molar-refractivity contribution in [2.75, 3.05) is 24.4 Å². The van der Waals surface area contributed by atoms with Gasteiger partial charge in [0.1, 0.15) is 6.04 Å². The van der Waals surface area contributed by atoms with E-state index in [1.807, 2.05) is 0 Å². The van der Waals surface area contributed by atoms with E-state index in [1.165, 1.54) is 35.6 Å². The molecular formula is C14H17ClFN3O3S. The van der Waals surface area contributed by atoms with Gasteiger partial charge in [-0.25, -0.2) is 13.4 Å². The van der Waals surface area contributed by atoms with Crippen LogP contribution in [0.3, 0.4) is 0 Å². The normalized spacial score (nSPS) is 17.9. The van der Waals surface area contributed by atoms with E-state index < -0.39 is 33.5 Å². The molecule has 1 aromatic rings. The fraction of sp³-hybridized carbons (Fsp3) is 0.429. The number of benzene rings is 1. The summed E-state index contributed by atoms with van der Waals surface area (Å²) in [6.45, 7) is 0.342. The number of hydrogen-bond donors (Lipinski definition) is 1. The highest BCUT2D eigenvalue weighted by molar-refractivity contribution is 7.92. The van der Waals surface area contributed by atoms with Crippen LogP contribution in [-0.2, 0) is 14.5 Å². The van der Waals surface area contributed by atoms with Crippen LogP contribution in [0.4, 0.5) is 14.9 Å². The number of nitrogens with one attached hydrogen (secondary N) is 1. The van der Waals surface area contributed by atoms with Gasteiger partial charge in [0.2, 0.25) is 0 Å². The Kier molecular flexibility index (Phi) is 5.26. The Bertz CT molecular complexity index is 754. The molecule has 0 radical (unpaired) electrons. The number of likely N-dealkylation sites (tertiary alicyclic amines) is 1. The van der Waals surface area contributed by atoms with Gasteiger partial charge >= 0.3 is 6.03 Å². The summed E-state index contributed by atoms with van der Waals surface area (Å²) >= 11 is 5.67. The third kappa shape index (κ3) is 4.42. The average molecular weight is 362 g/mol. The summed E-state index contributed by atoms with van der Waals surface area (Å²) in [6.07, 6.45) is 3.76. The van der Waals surface area contributed by atoms with Crippen molar-refractivity contribution in [2.45, 2.75) is 18.9 Å². The van der Waals surface area contributed by atoms with Crippen molar-refractivity contribution in [1.82, 2.24) is 4.90 Å². The maximum Gasteiger partial charge on any atom is 0.322 e. The highest BCUT2D eigenvalue weighted by Crippen LogP contribution is 2.24. The molecule has 1 aliphatic rings. The van der Waals surface area contributed by atoms with Crippen LogP contribution in [0.15, 0.2) is 22.6 Å². The van der Waals surface area contributed by atoms with Gasteiger partial charge in [0.05, 0.1) is 10.7 Å². The molecule has 1 aromatic carbocycles. The fourth-order valence-corrected chi connectivity index (χ4v) is 3.06. The minimum atomic E-state index is -2.59. The number of anilines is 1. The van der Waals surface area contributed by atoms with Crippen molar-refractivity contribution in [1.29, 1.82) is 0 Å². The lowest BCUT2D eigenvalue weighted by molar-refractivity contribution is -0.121. The van der Waals surface area contributed by atoms with Crippen LogP contribution in [0.5, 0.6) is 0 Å². The van der Waals surface area contributed by atoms with Gasteiger partial charge in [-0.1, -0.05) is 17.7 Å². The molecule has 1 atom stereocenters. The van der Waals surface area contributed by atoms with Gasteiger partial charge in [0.25, 0.3) is 5.91 Å². The minimum absolute atomic E-state index is 0.0627. The van der Waals surface area contributed by atoms with Crippen molar-refractivity contribution >= 4 is 39.0 Å². The van der Waals surface area contributed by atoms with E-state index in [2.05, 4.69) is 9.68 Å². The average Bonchev–Trinajstić information content (AvgIpc) is 2.91. The van der Waals surface area contributed by atoms with Gasteiger partial charge in [-0.3, -0.25) is 4.79 Å². The third-order valence-electron chi connectivity index (χ3n) is 3.30. The molecular weight excluding hydrogens is 345 g/mol. The molecule has 126 valence electrons. The first-order valence-electron chi connectivity index (χ1n) is 6.91. The Hall–Kier alpha value is -1.67. The van der Waals surface area contributed by atoms with E-state index in [1.54, 1.807) is 0 Å². The number of carbonyl (C=O) groups is 2. The molecule has 0 bridgehead atoms. The van der Waals surface area contributed by atoms with E-state index in [9.17, 15) is 18.2 Å². The first-order chi connectivity index (χ1) is 10.7. The SMILES string of the molecule is CS(C)(=O)=NC(=O)[C@@H]1CCCN1C(=O)Nc1cccc(Cl)c1F. The molecule has 1 saturated heterocycles. The van der Waals surface area contributed by atoms with E-state index in [-0.39, 0.29) is 10.7 Å². The highest BCUT2D eigenvalue weighted by Gasteiger charge is 2.34. The number of hydrogen-bond acceptors (Lipinski definition) is 3. The maximum absolute atomic E-state index is 13.8. The van der Waals surface area contributed by atoms with Crippen LogP contribution in [0.1, 0.15) is 12.8 Å². The van der Waals surface area contributed by atoms with Crippen molar-refractivity contribution in [2.24, 2.45) is 4.36 Å². The monoisotopic (exact) mass is 361 g/mol. The number of nitrogens with zero attached hydrogens (tertiary/aromatic N) is 2. The highest BCUT2D eigenvalue weighted by atomic mass is 35.5. The number of amides is 3. The molecule has 0 saturated carbocycles. The zero-order valence-corrected chi connectivity index (χ0v) is 14.3. The van der Waals surface area contributed by atoms with Crippen LogP contribution in [-0.4, -0.2) is 46.1 Å². The van der Waals surface area contributed by atoms with Crippen LogP contribution < -0.4 is 5.32 Å². The molecule has 2 rings (SSSR count). The molecule has 3 amide bonds. The topological polar surface area (TPSA) is 78.8 Å². The maximum atomic E-state index is 13.8. The molecule has 0 aromatic heterocycles. The Morgan fingerprint density at radius 3 is 2.78 bits per heavy atom. The van der Waals surface area contributed by atoms with Gasteiger partial charge < -0.3 is 10.2 Å². The van der Waals surface area contributed by atoms with E-state index in [0.29, 0.717) is 19.4 Å². The quantitative estimate of drug-likeness (QED) is 0.879. The molecule has 9 heteroatoms. The molecule has 1 aliphatic heterocycles. The van der Waals surface area contributed by atoms with Crippen molar-refractivity contribution in [3.63, 3.8) is 0 Å². The zero-order valence-electron chi connectivity index (χ0n) is 12.7. The van der Waals surface area contributed by atoms with Gasteiger partial charge in [-0.15, -0.1) is 0 Å². The summed E-state index contributed by atoms with van der Waals surface area (Å²) in [7, 11) is -2.59. The Balaban J connectivity index is 2.17. The molecule has 0 unspecified atom stereocenters. The van der Waals surface area contributed by atoms with Gasteiger partial charge in [0, 0.05) is 28.8 Å². The van der Waals surface area contributed by atoms with Crippen LogP contribution in [0.25, 0.3) is 0 Å².